The molecule has 2 amide bonds. The van der Waals surface area contributed by atoms with Gasteiger partial charge >= 0.3 is 6.18 Å². The second kappa shape index (κ2) is 4.76. The van der Waals surface area contributed by atoms with E-state index in [0.29, 0.717) is 0 Å². The van der Waals surface area contributed by atoms with Crippen molar-refractivity contribution in [2.24, 2.45) is 5.92 Å². The highest BCUT2D eigenvalue weighted by atomic mass is 32.1. The number of hydrogen-bond donors (Lipinski definition) is 1. The smallest absolute Gasteiger partial charge is 0.345 e. The molecule has 0 aliphatic carbocycles. The number of aromatic nitrogens is 2. The molecule has 0 aromatic carbocycles. The number of carbonyl (C=O) groups is 2. The summed E-state index contributed by atoms with van der Waals surface area (Å²) in [6.07, 6.45) is -4.53. The van der Waals surface area contributed by atoms with Gasteiger partial charge in [-0.05, 0) is 0 Å². The van der Waals surface area contributed by atoms with Crippen LogP contribution in [0.5, 0.6) is 0 Å². The van der Waals surface area contributed by atoms with Crippen molar-refractivity contribution in [2.75, 3.05) is 18.9 Å². The molecule has 6 nitrogen and oxygen atoms in total. The Morgan fingerprint density at radius 3 is 2.63 bits per heavy atom. The van der Waals surface area contributed by atoms with E-state index in [4.69, 9.17) is 0 Å². The van der Waals surface area contributed by atoms with Gasteiger partial charge in [0.25, 0.3) is 0 Å². The van der Waals surface area contributed by atoms with E-state index in [0.717, 1.165) is 0 Å². The molecule has 1 saturated heterocycles. The summed E-state index contributed by atoms with van der Waals surface area (Å²) < 4.78 is 36.9. The lowest BCUT2D eigenvalue weighted by molar-refractivity contribution is -0.138. The van der Waals surface area contributed by atoms with Crippen LogP contribution in [0.4, 0.5) is 18.3 Å². The van der Waals surface area contributed by atoms with E-state index in [-0.39, 0.29) is 35.3 Å². The summed E-state index contributed by atoms with van der Waals surface area (Å²) in [7, 11) is 1.56. The minimum atomic E-state index is -4.58. The lowest BCUT2D eigenvalue weighted by atomic mass is 10.1. The van der Waals surface area contributed by atoms with Crippen molar-refractivity contribution in [1.29, 1.82) is 0 Å². The van der Waals surface area contributed by atoms with Crippen molar-refractivity contribution < 1.29 is 22.8 Å². The molecule has 2 rings (SSSR count). The number of hydrogen-bond acceptors (Lipinski definition) is 5. The first kappa shape index (κ1) is 13.7. The standard InChI is InChI=1S/C9H9F3N4O2S/c1-16-3-4(2-5(16)17)6(18)13-8-15-14-7(19-8)9(10,11)12/h4H,2-3H2,1H3,(H,13,15,18). The number of anilines is 1. The minimum absolute atomic E-state index is 0.0489. The molecule has 2 heterocycles. The second-order valence-corrected chi connectivity index (χ2v) is 5.05. The quantitative estimate of drug-likeness (QED) is 0.882. The van der Waals surface area contributed by atoms with E-state index < -0.39 is 23.0 Å². The van der Waals surface area contributed by atoms with E-state index in [2.05, 4.69) is 15.5 Å². The third-order valence-electron chi connectivity index (χ3n) is 2.61. The second-order valence-electron chi connectivity index (χ2n) is 4.07. The van der Waals surface area contributed by atoms with E-state index >= 15 is 0 Å². The number of halogens is 3. The van der Waals surface area contributed by atoms with Crippen molar-refractivity contribution in [3.05, 3.63) is 5.01 Å². The largest absolute Gasteiger partial charge is 0.445 e. The van der Waals surface area contributed by atoms with Crippen molar-refractivity contribution in [3.63, 3.8) is 0 Å². The van der Waals surface area contributed by atoms with Crippen molar-refractivity contribution in [3.8, 4) is 0 Å². The van der Waals surface area contributed by atoms with Gasteiger partial charge in [-0.25, -0.2) is 0 Å². The zero-order valence-electron chi connectivity index (χ0n) is 9.69. The molecular weight excluding hydrogens is 285 g/mol. The van der Waals surface area contributed by atoms with Gasteiger partial charge in [0.05, 0.1) is 5.92 Å². The average Bonchev–Trinajstić information content (AvgIpc) is 2.86. The third-order valence-corrected chi connectivity index (χ3v) is 3.49. The van der Waals surface area contributed by atoms with Crippen LogP contribution in [0, 0.1) is 5.92 Å². The number of nitrogens with one attached hydrogen (secondary N) is 1. The monoisotopic (exact) mass is 294 g/mol. The van der Waals surface area contributed by atoms with Crippen LogP contribution in [0.25, 0.3) is 0 Å². The molecule has 1 aromatic heterocycles. The SMILES string of the molecule is CN1CC(C(=O)Nc2nnc(C(F)(F)F)s2)CC1=O. The van der Waals surface area contributed by atoms with Crippen LogP contribution in [-0.4, -0.2) is 40.5 Å². The summed E-state index contributed by atoms with van der Waals surface area (Å²) in [5, 5.41) is 7.10. The maximum absolute atomic E-state index is 12.3. The molecule has 1 fully saturated rings. The minimum Gasteiger partial charge on any atom is -0.345 e. The maximum atomic E-state index is 12.3. The van der Waals surface area contributed by atoms with Crippen molar-refractivity contribution >= 4 is 28.3 Å². The Morgan fingerprint density at radius 2 is 2.16 bits per heavy atom. The van der Waals surface area contributed by atoms with Gasteiger partial charge in [0.1, 0.15) is 0 Å². The fourth-order valence-electron chi connectivity index (χ4n) is 1.63. The molecule has 1 unspecified atom stereocenters. The van der Waals surface area contributed by atoms with Gasteiger partial charge in [-0.2, -0.15) is 13.2 Å². The number of alkyl halides is 3. The summed E-state index contributed by atoms with van der Waals surface area (Å²) in [5.74, 6) is -1.27. The normalized spacial score (nSPS) is 19.9. The average molecular weight is 294 g/mol. The number of carbonyl (C=O) groups excluding carboxylic acids is 2. The van der Waals surface area contributed by atoms with Gasteiger partial charge in [-0.15, -0.1) is 10.2 Å². The molecule has 0 radical (unpaired) electrons. The highest BCUT2D eigenvalue weighted by molar-refractivity contribution is 7.15. The molecule has 1 N–H and O–H groups in total. The molecule has 0 spiro atoms. The number of amides is 2. The van der Waals surface area contributed by atoms with Crippen molar-refractivity contribution in [2.45, 2.75) is 12.6 Å². The fraction of sp³-hybridized carbons (Fsp3) is 0.556. The Morgan fingerprint density at radius 1 is 1.47 bits per heavy atom. The number of rotatable bonds is 2. The van der Waals surface area contributed by atoms with Crippen molar-refractivity contribution in [1.82, 2.24) is 15.1 Å². The summed E-state index contributed by atoms with van der Waals surface area (Å²) in [6.45, 7) is 0.246. The first-order valence-electron chi connectivity index (χ1n) is 5.23. The Bertz CT molecular complexity index is 516. The molecule has 10 heteroatoms. The number of likely N-dealkylation sites (tertiary alicyclic amines) is 1. The molecule has 1 aromatic rings. The highest BCUT2D eigenvalue weighted by Gasteiger charge is 2.37. The lowest BCUT2D eigenvalue weighted by Gasteiger charge is -2.08. The maximum Gasteiger partial charge on any atom is 0.445 e. The van der Waals surface area contributed by atoms with Crippen LogP contribution in [-0.2, 0) is 15.8 Å². The first-order valence-corrected chi connectivity index (χ1v) is 6.04. The fourth-order valence-corrected chi connectivity index (χ4v) is 2.25. The Hall–Kier alpha value is -1.71. The highest BCUT2D eigenvalue weighted by Crippen LogP contribution is 2.33. The summed E-state index contributed by atoms with van der Waals surface area (Å²) in [6, 6.07) is 0. The van der Waals surface area contributed by atoms with Crippen LogP contribution >= 0.6 is 11.3 Å². The predicted octanol–water partition coefficient (Wildman–Crippen LogP) is 0.974. The van der Waals surface area contributed by atoms with Crippen LogP contribution in [0.1, 0.15) is 11.4 Å². The summed E-state index contributed by atoms with van der Waals surface area (Å²) in [5.41, 5.74) is 0. The van der Waals surface area contributed by atoms with Gasteiger partial charge in [0.2, 0.25) is 22.0 Å². The topological polar surface area (TPSA) is 75.2 Å². The van der Waals surface area contributed by atoms with Crippen LogP contribution in [0.15, 0.2) is 0 Å². The van der Waals surface area contributed by atoms with E-state index in [1.807, 2.05) is 0 Å². The van der Waals surface area contributed by atoms with Crippen LogP contribution < -0.4 is 5.32 Å². The molecule has 0 bridgehead atoms. The molecule has 1 aliphatic rings. The third kappa shape index (κ3) is 3.00. The zero-order valence-corrected chi connectivity index (χ0v) is 10.5. The van der Waals surface area contributed by atoms with Gasteiger partial charge in [0, 0.05) is 20.0 Å². The predicted molar refractivity (Wildman–Crippen MR) is 59.3 cm³/mol. The molecule has 0 saturated carbocycles. The van der Waals surface area contributed by atoms with Crippen LogP contribution in [0.3, 0.4) is 0 Å². The van der Waals surface area contributed by atoms with E-state index in [9.17, 15) is 22.8 Å². The van der Waals surface area contributed by atoms with E-state index in [1.54, 1.807) is 7.05 Å². The Labute approximate surface area is 109 Å². The van der Waals surface area contributed by atoms with Gasteiger partial charge in [0.15, 0.2) is 0 Å². The molecule has 104 valence electrons. The van der Waals surface area contributed by atoms with Gasteiger partial charge in [-0.3, -0.25) is 9.59 Å². The first-order chi connectivity index (χ1) is 8.77. The Balaban J connectivity index is 2.00. The van der Waals surface area contributed by atoms with Gasteiger partial charge < -0.3 is 10.2 Å². The zero-order chi connectivity index (χ0) is 14.2. The Kier molecular flexibility index (Phi) is 3.43. The molecular formula is C9H9F3N4O2S. The summed E-state index contributed by atoms with van der Waals surface area (Å²) >= 11 is 0.251. The number of nitrogens with zero attached hydrogens (tertiary/aromatic N) is 3. The lowest BCUT2D eigenvalue weighted by Crippen LogP contribution is -2.25. The van der Waals surface area contributed by atoms with E-state index in [1.165, 1.54) is 4.90 Å². The van der Waals surface area contributed by atoms with Gasteiger partial charge in [-0.1, -0.05) is 11.3 Å². The molecule has 19 heavy (non-hydrogen) atoms. The summed E-state index contributed by atoms with van der Waals surface area (Å²) in [4.78, 5) is 24.4. The van der Waals surface area contributed by atoms with Crippen LogP contribution in [0.2, 0.25) is 0 Å². The molecule has 1 atom stereocenters. The molecule has 1 aliphatic heterocycles.